The third kappa shape index (κ3) is 3.15. The van der Waals surface area contributed by atoms with Gasteiger partial charge in [-0.25, -0.2) is 0 Å². The van der Waals surface area contributed by atoms with Gasteiger partial charge in [-0.2, -0.15) is 0 Å². The molecule has 0 aromatic heterocycles. The smallest absolute Gasteiger partial charge is 0.0809 e. The van der Waals surface area contributed by atoms with Crippen LogP contribution in [-0.4, -0.2) is 22.4 Å². The first kappa shape index (κ1) is 17.9. The maximum atomic E-state index is 10.0. The lowest BCUT2D eigenvalue weighted by Crippen LogP contribution is -2.35. The Hall–Kier alpha value is -0.860. The molecule has 0 heterocycles. The molecule has 0 aromatic carbocycles. The van der Waals surface area contributed by atoms with Crippen molar-refractivity contribution in [2.45, 2.75) is 77.9 Å². The van der Waals surface area contributed by atoms with E-state index in [0.717, 1.165) is 23.3 Å². The average molecular weight is 331 g/mol. The van der Waals surface area contributed by atoms with E-state index in [1.54, 1.807) is 5.57 Å². The highest BCUT2D eigenvalue weighted by atomic mass is 16.3. The lowest BCUT2D eigenvalue weighted by Gasteiger charge is -2.43. The van der Waals surface area contributed by atoms with Crippen molar-refractivity contribution >= 4 is 0 Å². The second-order valence-corrected chi connectivity index (χ2v) is 8.92. The van der Waals surface area contributed by atoms with Crippen molar-refractivity contribution in [3.63, 3.8) is 0 Å². The van der Waals surface area contributed by atoms with Crippen molar-refractivity contribution in [2.24, 2.45) is 23.2 Å². The van der Waals surface area contributed by atoms with E-state index in [9.17, 15) is 10.2 Å². The minimum Gasteiger partial charge on any atom is -0.388 e. The summed E-state index contributed by atoms with van der Waals surface area (Å²) in [5.74, 6) is 2.34. The Morgan fingerprint density at radius 2 is 1.79 bits per heavy atom. The molecule has 0 bridgehead atoms. The zero-order chi connectivity index (χ0) is 17.5. The van der Waals surface area contributed by atoms with Gasteiger partial charge in [0.25, 0.3) is 0 Å². The highest BCUT2D eigenvalue weighted by Gasteiger charge is 2.49. The number of aliphatic hydroxyl groups excluding tert-OH is 2. The maximum Gasteiger partial charge on any atom is 0.0809 e. The van der Waals surface area contributed by atoms with Gasteiger partial charge in [0.1, 0.15) is 0 Å². The molecule has 0 spiro atoms. The van der Waals surface area contributed by atoms with Crippen LogP contribution in [0.25, 0.3) is 0 Å². The predicted octanol–water partition coefficient (Wildman–Crippen LogP) is 4.78. The molecule has 3 aliphatic rings. The Labute approximate surface area is 147 Å². The first-order valence-corrected chi connectivity index (χ1v) is 9.76. The van der Waals surface area contributed by atoms with Crippen LogP contribution in [-0.2, 0) is 0 Å². The van der Waals surface area contributed by atoms with Crippen molar-refractivity contribution in [1.29, 1.82) is 0 Å². The summed E-state index contributed by atoms with van der Waals surface area (Å²) in [6, 6.07) is 0. The third-order valence-corrected chi connectivity index (χ3v) is 7.14. The summed E-state index contributed by atoms with van der Waals surface area (Å²) in [5, 5.41) is 20.0. The number of fused-ring (bicyclic) bond motifs is 1. The zero-order valence-corrected chi connectivity index (χ0v) is 15.6. The van der Waals surface area contributed by atoms with Crippen LogP contribution in [0.1, 0.15) is 65.7 Å². The van der Waals surface area contributed by atoms with Crippen LogP contribution in [0, 0.1) is 23.2 Å². The second-order valence-electron chi connectivity index (χ2n) is 8.92. The largest absolute Gasteiger partial charge is 0.388 e. The second kappa shape index (κ2) is 6.80. The van der Waals surface area contributed by atoms with Crippen molar-refractivity contribution in [3.05, 3.63) is 35.5 Å². The summed E-state index contributed by atoms with van der Waals surface area (Å²) >= 11 is 0. The van der Waals surface area contributed by atoms with Gasteiger partial charge in [-0.15, -0.1) is 0 Å². The molecule has 0 amide bonds. The van der Waals surface area contributed by atoms with Gasteiger partial charge >= 0.3 is 0 Å². The first-order valence-electron chi connectivity index (χ1n) is 9.76. The van der Waals surface area contributed by atoms with Crippen LogP contribution in [0.3, 0.4) is 0 Å². The molecule has 3 saturated carbocycles. The highest BCUT2D eigenvalue weighted by molar-refractivity contribution is 5.29. The molecule has 134 valence electrons. The lowest BCUT2D eigenvalue weighted by atomic mass is 9.61. The van der Waals surface area contributed by atoms with Crippen LogP contribution in [0.15, 0.2) is 35.5 Å². The van der Waals surface area contributed by atoms with Gasteiger partial charge in [-0.1, -0.05) is 50.6 Å². The number of aliphatic hydroxyl groups is 2. The van der Waals surface area contributed by atoms with E-state index >= 15 is 0 Å². The van der Waals surface area contributed by atoms with Gasteiger partial charge in [0.15, 0.2) is 0 Å². The minimum atomic E-state index is -0.591. The van der Waals surface area contributed by atoms with E-state index in [0.29, 0.717) is 23.8 Å². The number of hydrogen-bond donors (Lipinski definition) is 2. The molecule has 0 saturated heterocycles. The molecular formula is C22H34O2. The molecule has 3 aliphatic carbocycles. The summed E-state index contributed by atoms with van der Waals surface area (Å²) in [5.41, 5.74) is 3.80. The highest BCUT2D eigenvalue weighted by Crippen LogP contribution is 2.59. The van der Waals surface area contributed by atoms with Gasteiger partial charge in [-0.3, -0.25) is 0 Å². The lowest BCUT2D eigenvalue weighted by molar-refractivity contribution is 0.104. The van der Waals surface area contributed by atoms with Crippen molar-refractivity contribution in [3.8, 4) is 0 Å². The summed E-state index contributed by atoms with van der Waals surface area (Å²) in [6.45, 7) is 11.1. The van der Waals surface area contributed by atoms with Crippen molar-refractivity contribution in [1.82, 2.24) is 0 Å². The normalized spacial score (nSPS) is 41.8. The first-order chi connectivity index (χ1) is 11.3. The van der Waals surface area contributed by atoms with Crippen molar-refractivity contribution in [2.75, 3.05) is 0 Å². The fourth-order valence-corrected chi connectivity index (χ4v) is 5.80. The van der Waals surface area contributed by atoms with Crippen LogP contribution >= 0.6 is 0 Å². The van der Waals surface area contributed by atoms with E-state index < -0.39 is 12.2 Å². The Kier molecular flexibility index (Phi) is 5.09. The van der Waals surface area contributed by atoms with E-state index in [-0.39, 0.29) is 0 Å². The Morgan fingerprint density at radius 1 is 1.12 bits per heavy atom. The molecule has 2 N–H and O–H groups in total. The quantitative estimate of drug-likeness (QED) is 0.715. The summed E-state index contributed by atoms with van der Waals surface area (Å²) in [6.07, 6.45) is 11.1. The molecule has 0 unspecified atom stereocenters. The fourth-order valence-electron chi connectivity index (χ4n) is 5.80. The molecule has 3 rings (SSSR count). The maximum absolute atomic E-state index is 10.0. The summed E-state index contributed by atoms with van der Waals surface area (Å²) in [4.78, 5) is 0. The van der Waals surface area contributed by atoms with E-state index in [1.165, 1.54) is 32.1 Å². The minimum absolute atomic E-state index is 0.469. The molecule has 0 aliphatic heterocycles. The monoisotopic (exact) mass is 330 g/mol. The van der Waals surface area contributed by atoms with Crippen LogP contribution in [0.4, 0.5) is 0 Å². The fraction of sp³-hybridized carbons (Fsp3) is 0.727. The van der Waals surface area contributed by atoms with Crippen LogP contribution in [0.2, 0.25) is 0 Å². The van der Waals surface area contributed by atoms with Gasteiger partial charge in [0.2, 0.25) is 0 Å². The SMILES string of the molecule is C=C1[C@H](O)CC(=C/C=C2\CCC[C@]3(C)[C@@H](C(C)C)CC[C@@H]23)C[C@H]1O. The Balaban J connectivity index is 1.78. The number of rotatable bonds is 2. The zero-order valence-electron chi connectivity index (χ0n) is 15.6. The Morgan fingerprint density at radius 3 is 2.42 bits per heavy atom. The van der Waals surface area contributed by atoms with Gasteiger partial charge in [-0.05, 0) is 73.7 Å². The topological polar surface area (TPSA) is 40.5 Å². The predicted molar refractivity (Wildman–Crippen MR) is 99.6 cm³/mol. The Bertz CT molecular complexity index is 540. The van der Waals surface area contributed by atoms with Crippen LogP contribution in [0.5, 0.6) is 0 Å². The van der Waals surface area contributed by atoms with E-state index in [4.69, 9.17) is 0 Å². The molecule has 0 radical (unpaired) electrons. The summed E-state index contributed by atoms with van der Waals surface area (Å²) in [7, 11) is 0. The number of allylic oxidation sites excluding steroid dienone is 3. The molecule has 0 aromatic rings. The molecule has 3 fully saturated rings. The van der Waals surface area contributed by atoms with Gasteiger partial charge < -0.3 is 10.2 Å². The van der Waals surface area contributed by atoms with Gasteiger partial charge in [0.05, 0.1) is 12.2 Å². The van der Waals surface area contributed by atoms with E-state index in [2.05, 4.69) is 39.5 Å². The molecule has 5 atom stereocenters. The molecule has 2 nitrogen and oxygen atoms in total. The van der Waals surface area contributed by atoms with Crippen LogP contribution < -0.4 is 0 Å². The molecular weight excluding hydrogens is 296 g/mol. The molecule has 2 heteroatoms. The van der Waals surface area contributed by atoms with Crippen molar-refractivity contribution < 1.29 is 10.2 Å². The molecule has 24 heavy (non-hydrogen) atoms. The van der Waals surface area contributed by atoms with Gasteiger partial charge in [0, 0.05) is 0 Å². The average Bonchev–Trinajstić information content (AvgIpc) is 2.88. The standard InChI is InChI=1S/C22H34O2/c1-14(2)18-9-10-19-17(6-5-11-22(18,19)4)8-7-16-12-20(23)15(3)21(24)13-16/h7-8,14,18-21,23-24H,3,5-6,9-13H2,1-2,4H3/b17-8+/t18-,19+,20-,21-,22-/m1/s1. The third-order valence-electron chi connectivity index (χ3n) is 7.14. The van der Waals surface area contributed by atoms with E-state index in [1.807, 2.05) is 0 Å². The number of hydrogen-bond acceptors (Lipinski definition) is 2. The summed E-state index contributed by atoms with van der Waals surface area (Å²) < 4.78 is 0.